The van der Waals surface area contributed by atoms with Gasteiger partial charge >= 0.3 is 0 Å². The molecule has 2 aromatic rings. The third-order valence-electron chi connectivity index (χ3n) is 2.00. The summed E-state index contributed by atoms with van der Waals surface area (Å²) >= 11 is 6.98. The van der Waals surface area contributed by atoms with Gasteiger partial charge in [0.05, 0.1) is 5.02 Å². The smallest absolute Gasteiger partial charge is 0.151 e. The molecule has 2 rings (SSSR count). The van der Waals surface area contributed by atoms with Gasteiger partial charge in [-0.2, -0.15) is 0 Å². The summed E-state index contributed by atoms with van der Waals surface area (Å²) in [6.07, 6.45) is 0.762. The van der Waals surface area contributed by atoms with Crippen molar-refractivity contribution in [3.05, 3.63) is 46.0 Å². The van der Waals surface area contributed by atoms with Gasteiger partial charge in [0.2, 0.25) is 0 Å². The van der Waals surface area contributed by atoms with Crippen molar-refractivity contribution in [2.75, 3.05) is 0 Å². The highest BCUT2D eigenvalue weighted by Crippen LogP contribution is 2.30. The largest absolute Gasteiger partial charge is 0.298 e. The minimum absolute atomic E-state index is 0.0861. The van der Waals surface area contributed by atoms with Crippen LogP contribution in [0, 0.1) is 5.82 Å². The first-order valence-electron chi connectivity index (χ1n) is 4.20. The van der Waals surface area contributed by atoms with Crippen LogP contribution in [-0.4, -0.2) is 6.29 Å². The van der Waals surface area contributed by atoms with E-state index in [2.05, 4.69) is 0 Å². The van der Waals surface area contributed by atoms with Crippen molar-refractivity contribution in [2.24, 2.45) is 0 Å². The topological polar surface area (TPSA) is 17.1 Å². The first-order valence-corrected chi connectivity index (χ1v) is 5.46. The van der Waals surface area contributed by atoms with Gasteiger partial charge in [0.15, 0.2) is 6.29 Å². The normalized spacial score (nSPS) is 10.3. The Kier molecular flexibility index (Phi) is 2.84. The Bertz CT molecular complexity index is 507. The van der Waals surface area contributed by atoms with Crippen LogP contribution in [0.2, 0.25) is 5.02 Å². The molecule has 0 spiro atoms. The first kappa shape index (κ1) is 10.3. The van der Waals surface area contributed by atoms with Crippen LogP contribution in [0.4, 0.5) is 4.39 Å². The van der Waals surface area contributed by atoms with Crippen LogP contribution in [0.25, 0.3) is 10.4 Å². The van der Waals surface area contributed by atoms with Crippen molar-refractivity contribution in [1.82, 2.24) is 0 Å². The molecule has 0 bridgehead atoms. The Morgan fingerprint density at radius 3 is 2.80 bits per heavy atom. The molecule has 0 N–H and O–H groups in total. The second-order valence-electron chi connectivity index (χ2n) is 2.95. The number of carbonyl (C=O) groups excluding carboxylic acids is 1. The molecule has 15 heavy (non-hydrogen) atoms. The van der Waals surface area contributed by atoms with Gasteiger partial charge in [0, 0.05) is 10.4 Å². The fraction of sp³-hybridized carbons (Fsp3) is 0. The van der Waals surface area contributed by atoms with E-state index in [9.17, 15) is 9.18 Å². The van der Waals surface area contributed by atoms with E-state index in [0.29, 0.717) is 11.1 Å². The molecule has 0 unspecified atom stereocenters. The van der Waals surface area contributed by atoms with Crippen LogP contribution in [0.3, 0.4) is 0 Å². The van der Waals surface area contributed by atoms with E-state index in [1.54, 1.807) is 17.5 Å². The molecule has 0 radical (unpaired) electrons. The number of rotatable bonds is 2. The Hall–Kier alpha value is -1.19. The van der Waals surface area contributed by atoms with E-state index in [1.165, 1.54) is 23.5 Å². The zero-order chi connectivity index (χ0) is 10.8. The lowest BCUT2D eigenvalue weighted by molar-refractivity contribution is 0.112. The molecule has 1 nitrogen and oxygen atoms in total. The van der Waals surface area contributed by atoms with Crippen molar-refractivity contribution >= 4 is 29.2 Å². The Labute approximate surface area is 95.1 Å². The summed E-state index contributed by atoms with van der Waals surface area (Å²) < 4.78 is 13.2. The number of thiophene rings is 1. The molecular weight excluding hydrogens is 235 g/mol. The highest BCUT2D eigenvalue weighted by Gasteiger charge is 2.08. The number of carbonyl (C=O) groups is 1. The van der Waals surface area contributed by atoms with Gasteiger partial charge < -0.3 is 0 Å². The van der Waals surface area contributed by atoms with Crippen molar-refractivity contribution in [3.8, 4) is 10.4 Å². The summed E-state index contributed by atoms with van der Waals surface area (Å²) in [4.78, 5) is 11.5. The number of aldehydes is 1. The average Bonchev–Trinajstić information content (AvgIpc) is 2.70. The van der Waals surface area contributed by atoms with Gasteiger partial charge in [-0.15, -0.1) is 11.3 Å². The number of hydrogen-bond acceptors (Lipinski definition) is 2. The Balaban J connectivity index is 2.54. The standard InChI is InChI=1S/C11H6ClFOS/c12-9-2-1-7(5-10(9)13)11-8(6-14)3-4-15-11/h1-6H. The molecule has 1 aromatic carbocycles. The molecular formula is C11H6ClFOS. The van der Waals surface area contributed by atoms with Gasteiger partial charge in [0.1, 0.15) is 5.82 Å². The number of benzene rings is 1. The second kappa shape index (κ2) is 4.13. The van der Waals surface area contributed by atoms with Crippen LogP contribution in [-0.2, 0) is 0 Å². The molecule has 0 atom stereocenters. The highest BCUT2D eigenvalue weighted by molar-refractivity contribution is 7.14. The van der Waals surface area contributed by atoms with Crippen molar-refractivity contribution < 1.29 is 9.18 Å². The lowest BCUT2D eigenvalue weighted by atomic mass is 10.1. The Morgan fingerprint density at radius 1 is 1.33 bits per heavy atom. The van der Waals surface area contributed by atoms with E-state index in [0.717, 1.165) is 11.2 Å². The van der Waals surface area contributed by atoms with Crippen LogP contribution in [0.1, 0.15) is 10.4 Å². The van der Waals surface area contributed by atoms with E-state index in [4.69, 9.17) is 11.6 Å². The van der Waals surface area contributed by atoms with Crippen molar-refractivity contribution in [2.45, 2.75) is 0 Å². The summed E-state index contributed by atoms with van der Waals surface area (Å²) in [5.41, 5.74) is 1.25. The highest BCUT2D eigenvalue weighted by atomic mass is 35.5. The van der Waals surface area contributed by atoms with Crippen molar-refractivity contribution in [3.63, 3.8) is 0 Å². The summed E-state index contributed by atoms with van der Waals surface area (Å²) in [7, 11) is 0. The maximum absolute atomic E-state index is 13.2. The zero-order valence-electron chi connectivity index (χ0n) is 7.54. The lowest BCUT2D eigenvalue weighted by Gasteiger charge is -2.00. The van der Waals surface area contributed by atoms with Crippen molar-refractivity contribution in [1.29, 1.82) is 0 Å². The minimum atomic E-state index is -0.473. The van der Waals surface area contributed by atoms with E-state index < -0.39 is 5.82 Å². The zero-order valence-corrected chi connectivity index (χ0v) is 9.11. The average molecular weight is 241 g/mol. The molecule has 1 heterocycles. The summed E-state index contributed by atoms with van der Waals surface area (Å²) in [6.45, 7) is 0. The van der Waals surface area contributed by atoms with E-state index in [1.807, 2.05) is 0 Å². The van der Waals surface area contributed by atoms with Crippen LogP contribution in [0.5, 0.6) is 0 Å². The van der Waals surface area contributed by atoms with Gasteiger partial charge in [0.25, 0.3) is 0 Å². The van der Waals surface area contributed by atoms with Gasteiger partial charge in [-0.3, -0.25) is 4.79 Å². The molecule has 0 saturated carbocycles. The maximum Gasteiger partial charge on any atom is 0.151 e. The minimum Gasteiger partial charge on any atom is -0.298 e. The van der Waals surface area contributed by atoms with Gasteiger partial charge in [-0.05, 0) is 29.1 Å². The van der Waals surface area contributed by atoms with Crippen LogP contribution < -0.4 is 0 Å². The third kappa shape index (κ3) is 1.94. The molecule has 0 amide bonds. The SMILES string of the molecule is O=Cc1ccsc1-c1ccc(Cl)c(F)c1. The second-order valence-corrected chi connectivity index (χ2v) is 4.28. The number of halogens is 2. The van der Waals surface area contributed by atoms with E-state index >= 15 is 0 Å². The number of hydrogen-bond donors (Lipinski definition) is 0. The summed E-state index contributed by atoms with van der Waals surface area (Å²) in [5, 5.41) is 1.88. The molecule has 0 saturated heterocycles. The fourth-order valence-electron chi connectivity index (χ4n) is 1.28. The predicted octanol–water partition coefficient (Wildman–Crippen LogP) is 4.02. The molecule has 0 aliphatic carbocycles. The fourth-order valence-corrected chi connectivity index (χ4v) is 2.27. The Morgan fingerprint density at radius 2 is 2.13 bits per heavy atom. The third-order valence-corrected chi connectivity index (χ3v) is 3.29. The molecule has 0 fully saturated rings. The molecule has 76 valence electrons. The van der Waals surface area contributed by atoms with Gasteiger partial charge in [-0.25, -0.2) is 4.39 Å². The van der Waals surface area contributed by atoms with Crippen LogP contribution >= 0.6 is 22.9 Å². The van der Waals surface area contributed by atoms with Crippen LogP contribution in [0.15, 0.2) is 29.6 Å². The molecule has 4 heteroatoms. The monoisotopic (exact) mass is 240 g/mol. The lowest BCUT2D eigenvalue weighted by Crippen LogP contribution is -1.83. The maximum atomic E-state index is 13.2. The van der Waals surface area contributed by atoms with E-state index in [-0.39, 0.29) is 5.02 Å². The quantitative estimate of drug-likeness (QED) is 0.725. The summed E-state index contributed by atoms with van der Waals surface area (Å²) in [5.74, 6) is -0.473. The van der Waals surface area contributed by atoms with Gasteiger partial charge in [-0.1, -0.05) is 17.7 Å². The molecule has 0 aliphatic rings. The summed E-state index contributed by atoms with van der Waals surface area (Å²) in [6, 6.07) is 6.23. The predicted molar refractivity (Wildman–Crippen MR) is 60.1 cm³/mol. The molecule has 1 aromatic heterocycles. The first-order chi connectivity index (χ1) is 7.22. The molecule has 0 aliphatic heterocycles.